The van der Waals surface area contributed by atoms with Crippen LogP contribution < -0.4 is 5.32 Å². The largest absolute Gasteiger partial charge is 0.392 e. The number of nitrogens with zero attached hydrogens (tertiary/aromatic N) is 1. The molecule has 0 radical (unpaired) electrons. The molecule has 0 amide bonds. The van der Waals surface area contributed by atoms with Crippen molar-refractivity contribution in [1.82, 2.24) is 10.2 Å². The Morgan fingerprint density at radius 2 is 2.43 bits per heavy atom. The maximum absolute atomic E-state index is 9.40. The lowest BCUT2D eigenvalue weighted by Gasteiger charge is -2.32. The van der Waals surface area contributed by atoms with Gasteiger partial charge in [0.25, 0.3) is 0 Å². The zero-order chi connectivity index (χ0) is 9.97. The van der Waals surface area contributed by atoms with E-state index in [0.717, 1.165) is 24.8 Å². The zero-order valence-corrected chi connectivity index (χ0v) is 9.59. The van der Waals surface area contributed by atoms with E-state index in [1.807, 2.05) is 0 Å². The van der Waals surface area contributed by atoms with E-state index in [2.05, 4.69) is 28.9 Å². The standard InChI is InChI=1S/C10H20N2OS/c1-8-6-12(2-3-14-8)7-9-4-10(13)5-11-9/h8-11,13H,2-7H2,1H3. The zero-order valence-electron chi connectivity index (χ0n) is 8.78. The first kappa shape index (κ1) is 10.7. The van der Waals surface area contributed by atoms with E-state index in [1.165, 1.54) is 18.8 Å². The summed E-state index contributed by atoms with van der Waals surface area (Å²) < 4.78 is 0. The van der Waals surface area contributed by atoms with Crippen molar-refractivity contribution in [3.05, 3.63) is 0 Å². The maximum atomic E-state index is 9.40. The molecule has 3 nitrogen and oxygen atoms in total. The Kier molecular flexibility index (Phi) is 3.71. The predicted octanol–water partition coefficient (Wildman–Crippen LogP) is 0.147. The molecule has 2 saturated heterocycles. The lowest BCUT2D eigenvalue weighted by atomic mass is 10.2. The Bertz CT molecular complexity index is 191. The molecule has 82 valence electrons. The Hall–Kier alpha value is 0.230. The number of aliphatic hydroxyl groups excluding tert-OH is 1. The fourth-order valence-electron chi connectivity index (χ4n) is 2.30. The van der Waals surface area contributed by atoms with Crippen molar-refractivity contribution in [2.24, 2.45) is 0 Å². The van der Waals surface area contributed by atoms with Crippen LogP contribution in [0.1, 0.15) is 13.3 Å². The smallest absolute Gasteiger partial charge is 0.0680 e. The van der Waals surface area contributed by atoms with Gasteiger partial charge >= 0.3 is 0 Å². The molecule has 14 heavy (non-hydrogen) atoms. The summed E-state index contributed by atoms with van der Waals surface area (Å²) in [6.07, 6.45) is 0.814. The fraction of sp³-hybridized carbons (Fsp3) is 1.00. The lowest BCUT2D eigenvalue weighted by molar-refractivity contribution is 0.187. The van der Waals surface area contributed by atoms with Gasteiger partial charge in [0.2, 0.25) is 0 Å². The maximum Gasteiger partial charge on any atom is 0.0680 e. The van der Waals surface area contributed by atoms with Crippen LogP contribution in [0.4, 0.5) is 0 Å². The number of β-amino-alcohol motifs (C(OH)–C–C–N with tert-alkyl or cyclic N) is 1. The summed E-state index contributed by atoms with van der Waals surface area (Å²) >= 11 is 2.07. The molecule has 2 aliphatic rings. The highest BCUT2D eigenvalue weighted by atomic mass is 32.2. The van der Waals surface area contributed by atoms with E-state index in [1.54, 1.807) is 0 Å². The van der Waals surface area contributed by atoms with Crippen LogP contribution in [0.15, 0.2) is 0 Å². The second kappa shape index (κ2) is 4.84. The Morgan fingerprint density at radius 1 is 1.57 bits per heavy atom. The molecule has 0 saturated carbocycles. The van der Waals surface area contributed by atoms with Crippen molar-refractivity contribution in [2.45, 2.75) is 30.7 Å². The van der Waals surface area contributed by atoms with Crippen molar-refractivity contribution in [3.8, 4) is 0 Å². The van der Waals surface area contributed by atoms with E-state index in [9.17, 15) is 5.11 Å². The summed E-state index contributed by atoms with van der Waals surface area (Å²) in [5, 5.41) is 13.5. The van der Waals surface area contributed by atoms with Crippen LogP contribution in [0.3, 0.4) is 0 Å². The summed E-state index contributed by atoms with van der Waals surface area (Å²) in [4.78, 5) is 2.52. The second-order valence-electron chi connectivity index (χ2n) is 4.44. The number of thioether (sulfide) groups is 1. The van der Waals surface area contributed by atoms with Crippen LogP contribution in [0.25, 0.3) is 0 Å². The molecule has 0 spiro atoms. The van der Waals surface area contributed by atoms with Gasteiger partial charge in [-0.2, -0.15) is 11.8 Å². The molecule has 2 aliphatic heterocycles. The summed E-state index contributed by atoms with van der Waals surface area (Å²) in [6, 6.07) is 0.514. The van der Waals surface area contributed by atoms with E-state index >= 15 is 0 Å². The van der Waals surface area contributed by atoms with Gasteiger partial charge in [-0.3, -0.25) is 4.90 Å². The topological polar surface area (TPSA) is 35.5 Å². The van der Waals surface area contributed by atoms with Gasteiger partial charge in [0.1, 0.15) is 0 Å². The summed E-state index contributed by atoms with van der Waals surface area (Å²) in [5.74, 6) is 1.26. The first-order chi connectivity index (χ1) is 6.74. The average Bonchev–Trinajstić information content (AvgIpc) is 2.51. The highest BCUT2D eigenvalue weighted by Gasteiger charge is 2.25. The van der Waals surface area contributed by atoms with Gasteiger partial charge < -0.3 is 10.4 Å². The van der Waals surface area contributed by atoms with Gasteiger partial charge in [-0.15, -0.1) is 0 Å². The highest BCUT2D eigenvalue weighted by molar-refractivity contribution is 7.99. The number of rotatable bonds is 2. The van der Waals surface area contributed by atoms with Crippen molar-refractivity contribution in [3.63, 3.8) is 0 Å². The Labute approximate surface area is 90.2 Å². The van der Waals surface area contributed by atoms with Crippen LogP contribution in [-0.4, -0.2) is 59.3 Å². The molecule has 0 aliphatic carbocycles. The molecule has 0 aromatic carbocycles. The SMILES string of the molecule is CC1CN(CC2CC(O)CN2)CCS1. The van der Waals surface area contributed by atoms with E-state index in [4.69, 9.17) is 0 Å². The first-order valence-corrected chi connectivity index (χ1v) is 6.54. The van der Waals surface area contributed by atoms with Crippen molar-refractivity contribution in [1.29, 1.82) is 0 Å². The van der Waals surface area contributed by atoms with Gasteiger partial charge in [0.15, 0.2) is 0 Å². The minimum absolute atomic E-state index is 0.114. The highest BCUT2D eigenvalue weighted by Crippen LogP contribution is 2.18. The van der Waals surface area contributed by atoms with Crippen LogP contribution in [0, 0.1) is 0 Å². The molecule has 0 bridgehead atoms. The molecular weight excluding hydrogens is 196 g/mol. The third-order valence-corrected chi connectivity index (χ3v) is 4.14. The molecule has 3 unspecified atom stereocenters. The third kappa shape index (κ3) is 2.86. The van der Waals surface area contributed by atoms with Crippen molar-refractivity contribution < 1.29 is 5.11 Å². The fourth-order valence-corrected chi connectivity index (χ4v) is 3.39. The summed E-state index contributed by atoms with van der Waals surface area (Å²) in [6.45, 7) is 6.61. The molecule has 2 rings (SSSR count). The Morgan fingerprint density at radius 3 is 3.07 bits per heavy atom. The first-order valence-electron chi connectivity index (χ1n) is 5.49. The van der Waals surface area contributed by atoms with Gasteiger partial charge in [-0.1, -0.05) is 6.92 Å². The van der Waals surface area contributed by atoms with Crippen LogP contribution in [0.5, 0.6) is 0 Å². The van der Waals surface area contributed by atoms with Gasteiger partial charge in [0, 0.05) is 43.2 Å². The number of hydrogen-bond donors (Lipinski definition) is 2. The number of hydrogen-bond acceptors (Lipinski definition) is 4. The quantitative estimate of drug-likeness (QED) is 0.689. The van der Waals surface area contributed by atoms with Crippen LogP contribution in [0.2, 0.25) is 0 Å². The molecule has 0 aromatic heterocycles. The molecule has 3 atom stereocenters. The normalized spacial score (nSPS) is 40.3. The molecule has 4 heteroatoms. The van der Waals surface area contributed by atoms with E-state index in [-0.39, 0.29) is 6.10 Å². The molecule has 2 N–H and O–H groups in total. The minimum atomic E-state index is -0.114. The second-order valence-corrected chi connectivity index (χ2v) is 5.98. The average molecular weight is 216 g/mol. The van der Waals surface area contributed by atoms with E-state index < -0.39 is 0 Å². The van der Waals surface area contributed by atoms with Gasteiger partial charge in [-0.05, 0) is 6.42 Å². The van der Waals surface area contributed by atoms with Crippen LogP contribution in [-0.2, 0) is 0 Å². The predicted molar refractivity (Wildman–Crippen MR) is 60.8 cm³/mol. The van der Waals surface area contributed by atoms with Crippen LogP contribution >= 0.6 is 11.8 Å². The Balaban J connectivity index is 1.74. The van der Waals surface area contributed by atoms with Gasteiger partial charge in [-0.25, -0.2) is 0 Å². The summed E-state index contributed by atoms with van der Waals surface area (Å²) in [7, 11) is 0. The lowest BCUT2D eigenvalue weighted by Crippen LogP contribution is -2.43. The van der Waals surface area contributed by atoms with Gasteiger partial charge in [0.05, 0.1) is 6.10 Å². The van der Waals surface area contributed by atoms with E-state index in [0.29, 0.717) is 6.04 Å². The molecule has 2 fully saturated rings. The monoisotopic (exact) mass is 216 g/mol. The third-order valence-electron chi connectivity index (χ3n) is 3.00. The molecular formula is C10H20N2OS. The molecule has 2 heterocycles. The summed E-state index contributed by atoms with van der Waals surface area (Å²) in [5.41, 5.74) is 0. The number of nitrogens with one attached hydrogen (secondary N) is 1. The van der Waals surface area contributed by atoms with Crippen molar-refractivity contribution >= 4 is 11.8 Å². The molecule has 0 aromatic rings. The number of aliphatic hydroxyl groups is 1. The minimum Gasteiger partial charge on any atom is -0.392 e. The van der Waals surface area contributed by atoms with Crippen molar-refractivity contribution in [2.75, 3.05) is 31.9 Å².